The Morgan fingerprint density at radius 2 is 1.61 bits per heavy atom. The molecule has 3 atom stereocenters. The lowest BCUT2D eigenvalue weighted by atomic mass is 9.80. The summed E-state index contributed by atoms with van der Waals surface area (Å²) in [4.78, 5) is 64.8. The van der Waals surface area contributed by atoms with Crippen molar-refractivity contribution in [3.8, 4) is 0 Å². The van der Waals surface area contributed by atoms with Gasteiger partial charge < -0.3 is 26.6 Å². The SMILES string of the molecule is CCC(NC(=O)NC1(CC)CCCCC1)C(=O)N1CCCC1C(=O)NC(CC1CCC1)C(=O)C(N)=O. The number of ketones is 1. The summed E-state index contributed by atoms with van der Waals surface area (Å²) in [6.07, 6.45) is 10.9. The molecule has 0 aromatic heterocycles. The van der Waals surface area contributed by atoms with Crippen LogP contribution in [0, 0.1) is 5.92 Å². The van der Waals surface area contributed by atoms with Crippen LogP contribution in [0.15, 0.2) is 0 Å². The number of nitrogens with one attached hydrogen (secondary N) is 3. The van der Waals surface area contributed by atoms with Crippen LogP contribution in [0.2, 0.25) is 0 Å². The van der Waals surface area contributed by atoms with Crippen molar-refractivity contribution in [3.63, 3.8) is 0 Å². The van der Waals surface area contributed by atoms with E-state index in [4.69, 9.17) is 5.73 Å². The molecule has 0 bridgehead atoms. The molecule has 3 rings (SSSR count). The monoisotopic (exact) mass is 505 g/mol. The molecule has 2 saturated carbocycles. The summed E-state index contributed by atoms with van der Waals surface area (Å²) in [6, 6.07) is -2.83. The molecule has 36 heavy (non-hydrogen) atoms. The van der Waals surface area contributed by atoms with Gasteiger partial charge in [0.15, 0.2) is 0 Å². The fourth-order valence-electron chi connectivity index (χ4n) is 5.81. The molecular formula is C26H43N5O5. The first-order chi connectivity index (χ1) is 17.2. The Bertz CT molecular complexity index is 837. The molecule has 0 radical (unpaired) electrons. The number of nitrogens with zero attached hydrogens (tertiary/aromatic N) is 1. The van der Waals surface area contributed by atoms with E-state index in [1.165, 1.54) is 11.3 Å². The maximum atomic E-state index is 13.4. The Morgan fingerprint density at radius 1 is 0.917 bits per heavy atom. The topological polar surface area (TPSA) is 151 Å². The van der Waals surface area contributed by atoms with E-state index in [0.29, 0.717) is 32.2 Å². The van der Waals surface area contributed by atoms with E-state index in [1.807, 2.05) is 6.92 Å². The summed E-state index contributed by atoms with van der Waals surface area (Å²) in [5.74, 6) is -2.35. The van der Waals surface area contributed by atoms with Gasteiger partial charge >= 0.3 is 6.03 Å². The van der Waals surface area contributed by atoms with Gasteiger partial charge in [0.2, 0.25) is 17.6 Å². The Labute approximate surface area is 213 Å². The van der Waals surface area contributed by atoms with Gasteiger partial charge in [0, 0.05) is 12.1 Å². The Morgan fingerprint density at radius 3 is 2.17 bits per heavy atom. The average Bonchev–Trinajstić information content (AvgIpc) is 3.33. The van der Waals surface area contributed by atoms with Gasteiger partial charge in [-0.2, -0.15) is 0 Å². The van der Waals surface area contributed by atoms with Crippen molar-refractivity contribution in [1.29, 1.82) is 0 Å². The first-order valence-electron chi connectivity index (χ1n) is 13.7. The molecule has 10 nitrogen and oxygen atoms in total. The average molecular weight is 506 g/mol. The van der Waals surface area contributed by atoms with Crippen LogP contribution in [0.1, 0.15) is 97.3 Å². The molecule has 0 aromatic rings. The molecule has 1 saturated heterocycles. The lowest BCUT2D eigenvalue weighted by Gasteiger charge is -2.38. The smallest absolute Gasteiger partial charge is 0.315 e. The molecule has 1 aliphatic heterocycles. The number of carbonyl (C=O) groups is 5. The number of nitrogens with two attached hydrogens (primary N) is 1. The molecule has 3 fully saturated rings. The summed E-state index contributed by atoms with van der Waals surface area (Å²) < 4.78 is 0. The second kappa shape index (κ2) is 12.5. The largest absolute Gasteiger partial charge is 0.363 e. The highest BCUT2D eigenvalue weighted by Gasteiger charge is 2.40. The van der Waals surface area contributed by atoms with Gasteiger partial charge in [-0.3, -0.25) is 19.2 Å². The maximum Gasteiger partial charge on any atom is 0.315 e. The number of carbonyl (C=O) groups excluding carboxylic acids is 5. The molecule has 10 heteroatoms. The van der Waals surface area contributed by atoms with Crippen LogP contribution in [0.3, 0.4) is 0 Å². The van der Waals surface area contributed by atoms with Crippen LogP contribution in [-0.2, 0) is 19.2 Å². The molecule has 3 unspecified atom stereocenters. The molecule has 5 amide bonds. The molecule has 2 aliphatic carbocycles. The van der Waals surface area contributed by atoms with Crippen LogP contribution in [-0.4, -0.2) is 64.6 Å². The molecule has 5 N–H and O–H groups in total. The zero-order chi connectivity index (χ0) is 26.3. The predicted molar refractivity (Wildman–Crippen MR) is 135 cm³/mol. The molecule has 1 heterocycles. The van der Waals surface area contributed by atoms with Crippen molar-refractivity contribution in [1.82, 2.24) is 20.9 Å². The standard InChI is InChI=1S/C26H43N5O5/c1-3-18(29-25(36)30-26(4-2)13-6-5-7-14-26)24(35)31-15-9-12-20(31)23(34)28-19(21(32)22(27)33)16-17-10-8-11-17/h17-20H,3-16H2,1-2H3,(H2,27,33)(H,28,34)(H2,29,30,36). The van der Waals surface area contributed by atoms with E-state index in [9.17, 15) is 24.0 Å². The third-order valence-corrected chi connectivity index (χ3v) is 8.39. The van der Waals surface area contributed by atoms with Crippen LogP contribution < -0.4 is 21.7 Å². The predicted octanol–water partition coefficient (Wildman–Crippen LogP) is 1.90. The summed E-state index contributed by atoms with van der Waals surface area (Å²) in [7, 11) is 0. The zero-order valence-corrected chi connectivity index (χ0v) is 21.8. The van der Waals surface area contributed by atoms with E-state index in [1.54, 1.807) is 0 Å². The molecule has 3 aliphatic rings. The highest BCUT2D eigenvalue weighted by Crippen LogP contribution is 2.32. The van der Waals surface area contributed by atoms with Crippen LogP contribution in [0.25, 0.3) is 0 Å². The molecule has 0 aromatic carbocycles. The summed E-state index contributed by atoms with van der Waals surface area (Å²) in [5, 5.41) is 8.67. The lowest BCUT2D eigenvalue weighted by Crippen LogP contribution is -2.59. The summed E-state index contributed by atoms with van der Waals surface area (Å²) >= 11 is 0. The second-order valence-electron chi connectivity index (χ2n) is 10.8. The fourth-order valence-corrected chi connectivity index (χ4v) is 5.81. The molecule has 202 valence electrons. The van der Waals surface area contributed by atoms with Crippen molar-refractivity contribution < 1.29 is 24.0 Å². The maximum absolute atomic E-state index is 13.4. The minimum Gasteiger partial charge on any atom is -0.363 e. The van der Waals surface area contributed by atoms with Crippen molar-refractivity contribution in [2.45, 2.75) is 121 Å². The van der Waals surface area contributed by atoms with Gasteiger partial charge in [-0.05, 0) is 50.9 Å². The first-order valence-corrected chi connectivity index (χ1v) is 13.7. The van der Waals surface area contributed by atoms with Crippen molar-refractivity contribution in [3.05, 3.63) is 0 Å². The number of Topliss-reactive ketones (excluding diaryl/α,β-unsaturated/α-hetero) is 1. The van der Waals surface area contributed by atoms with E-state index in [0.717, 1.165) is 51.4 Å². The highest BCUT2D eigenvalue weighted by atomic mass is 16.2. The lowest BCUT2D eigenvalue weighted by molar-refractivity contribution is -0.142. The van der Waals surface area contributed by atoms with E-state index >= 15 is 0 Å². The molecular weight excluding hydrogens is 462 g/mol. The second-order valence-corrected chi connectivity index (χ2v) is 10.8. The van der Waals surface area contributed by atoms with Gasteiger partial charge in [-0.15, -0.1) is 0 Å². The number of urea groups is 1. The first kappa shape index (κ1) is 27.9. The van der Waals surface area contributed by atoms with Gasteiger partial charge in [-0.1, -0.05) is 52.4 Å². The minimum absolute atomic E-state index is 0.234. The van der Waals surface area contributed by atoms with Gasteiger partial charge in [0.05, 0.1) is 6.04 Å². The third kappa shape index (κ3) is 6.76. The van der Waals surface area contributed by atoms with Gasteiger partial charge in [0.25, 0.3) is 5.91 Å². The number of amides is 5. The Balaban J connectivity index is 1.62. The Hall–Kier alpha value is -2.65. The van der Waals surface area contributed by atoms with Gasteiger partial charge in [0.1, 0.15) is 12.1 Å². The minimum atomic E-state index is -1.07. The van der Waals surface area contributed by atoms with Gasteiger partial charge in [-0.25, -0.2) is 4.79 Å². The Kier molecular flexibility index (Phi) is 9.73. The quantitative estimate of drug-likeness (QED) is 0.316. The highest BCUT2D eigenvalue weighted by molar-refractivity contribution is 6.37. The zero-order valence-electron chi connectivity index (χ0n) is 21.8. The number of hydrogen-bond donors (Lipinski definition) is 4. The normalized spacial score (nSPS) is 23.2. The number of primary amides is 1. The van der Waals surface area contributed by atoms with Crippen molar-refractivity contribution in [2.24, 2.45) is 11.7 Å². The third-order valence-electron chi connectivity index (χ3n) is 8.39. The van der Waals surface area contributed by atoms with E-state index in [-0.39, 0.29) is 23.4 Å². The summed E-state index contributed by atoms with van der Waals surface area (Å²) in [6.45, 7) is 4.29. The van der Waals surface area contributed by atoms with Crippen LogP contribution in [0.5, 0.6) is 0 Å². The number of rotatable bonds is 11. The van der Waals surface area contributed by atoms with Crippen molar-refractivity contribution >= 4 is 29.5 Å². The fraction of sp³-hybridized carbons (Fsp3) is 0.808. The van der Waals surface area contributed by atoms with E-state index in [2.05, 4.69) is 22.9 Å². The van der Waals surface area contributed by atoms with Crippen LogP contribution >= 0.6 is 0 Å². The number of hydrogen-bond acceptors (Lipinski definition) is 5. The van der Waals surface area contributed by atoms with Crippen molar-refractivity contribution in [2.75, 3.05) is 6.54 Å². The van der Waals surface area contributed by atoms with E-state index < -0.39 is 35.7 Å². The number of likely N-dealkylation sites (tertiary alicyclic amines) is 1. The summed E-state index contributed by atoms with van der Waals surface area (Å²) in [5.41, 5.74) is 4.98. The van der Waals surface area contributed by atoms with Crippen LogP contribution in [0.4, 0.5) is 4.79 Å². The molecule has 0 spiro atoms.